The highest BCUT2D eigenvalue weighted by Gasteiger charge is 2.23. The zero-order valence-electron chi connectivity index (χ0n) is 16.2. The van der Waals surface area contributed by atoms with E-state index in [0.29, 0.717) is 28.9 Å². The lowest BCUT2D eigenvalue weighted by Gasteiger charge is -2.22. The number of carbonyl (C=O) groups excluding carboxylic acids is 1. The van der Waals surface area contributed by atoms with Gasteiger partial charge >= 0.3 is 0 Å². The fraction of sp³-hybridized carbons (Fsp3) is 0.316. The molecule has 0 saturated carbocycles. The van der Waals surface area contributed by atoms with Gasteiger partial charge in [-0.3, -0.25) is 4.79 Å². The van der Waals surface area contributed by atoms with Gasteiger partial charge < -0.3 is 10.2 Å². The molecule has 0 aromatic heterocycles. The molecule has 2 rings (SSSR count). The summed E-state index contributed by atoms with van der Waals surface area (Å²) in [5.74, 6) is -0.947. The summed E-state index contributed by atoms with van der Waals surface area (Å²) in [6.45, 7) is 4.23. The van der Waals surface area contributed by atoms with E-state index in [9.17, 15) is 17.6 Å². The Hall–Kier alpha value is -1.97. The van der Waals surface area contributed by atoms with Gasteiger partial charge in [-0.05, 0) is 52.3 Å². The number of anilines is 2. The van der Waals surface area contributed by atoms with Crippen LogP contribution in [0.2, 0.25) is 0 Å². The van der Waals surface area contributed by atoms with Crippen molar-refractivity contribution >= 4 is 43.2 Å². The monoisotopic (exact) mass is 471 g/mol. The van der Waals surface area contributed by atoms with Crippen molar-refractivity contribution in [3.8, 4) is 0 Å². The molecule has 0 atom stereocenters. The molecule has 0 unspecified atom stereocenters. The first-order valence-electron chi connectivity index (χ1n) is 8.69. The Morgan fingerprint density at radius 1 is 1.11 bits per heavy atom. The molecule has 0 spiro atoms. The zero-order valence-corrected chi connectivity index (χ0v) is 18.6. The molecular weight excluding hydrogens is 449 g/mol. The summed E-state index contributed by atoms with van der Waals surface area (Å²) in [7, 11) is -0.0976. The molecule has 0 heterocycles. The maximum atomic E-state index is 13.3. The SMILES string of the molecule is CCN(CC)S(=O)(=O)c1ccc(N(C)C)c(NC(=O)c2ccc(F)cc2Br)c1. The first kappa shape index (κ1) is 22.3. The summed E-state index contributed by atoms with van der Waals surface area (Å²) < 4.78 is 40.6. The van der Waals surface area contributed by atoms with Crippen LogP contribution in [0.15, 0.2) is 45.8 Å². The number of hydrogen-bond donors (Lipinski definition) is 1. The standard InChI is InChI=1S/C19H23BrFN3O3S/c1-5-24(6-2)28(26,27)14-8-10-18(23(3)4)17(12-14)22-19(25)15-9-7-13(21)11-16(15)20/h7-12H,5-6H2,1-4H3,(H,22,25). The van der Waals surface area contributed by atoms with Crippen LogP contribution in [0.3, 0.4) is 0 Å². The second-order valence-corrected chi connectivity index (χ2v) is 9.03. The number of nitrogens with zero attached hydrogens (tertiary/aromatic N) is 2. The topological polar surface area (TPSA) is 69.7 Å². The van der Waals surface area contributed by atoms with Gasteiger partial charge in [0.15, 0.2) is 0 Å². The summed E-state index contributed by atoms with van der Waals surface area (Å²) in [6, 6.07) is 8.36. The van der Waals surface area contributed by atoms with E-state index in [1.54, 1.807) is 38.9 Å². The molecule has 152 valence electrons. The van der Waals surface area contributed by atoms with E-state index in [1.165, 1.54) is 34.6 Å². The van der Waals surface area contributed by atoms with Gasteiger partial charge in [0.1, 0.15) is 5.82 Å². The molecule has 0 saturated heterocycles. The van der Waals surface area contributed by atoms with Crippen LogP contribution in [-0.2, 0) is 10.0 Å². The van der Waals surface area contributed by atoms with Gasteiger partial charge in [-0.15, -0.1) is 0 Å². The van der Waals surface area contributed by atoms with Crippen molar-refractivity contribution in [2.24, 2.45) is 0 Å². The fourth-order valence-electron chi connectivity index (χ4n) is 2.74. The van der Waals surface area contributed by atoms with E-state index in [4.69, 9.17) is 0 Å². The van der Waals surface area contributed by atoms with Crippen molar-refractivity contribution < 1.29 is 17.6 Å². The van der Waals surface area contributed by atoms with Crippen molar-refractivity contribution in [3.63, 3.8) is 0 Å². The first-order chi connectivity index (χ1) is 13.1. The predicted octanol–water partition coefficient (Wildman–Crippen LogP) is 3.94. The number of rotatable bonds is 7. The van der Waals surface area contributed by atoms with Crippen LogP contribution in [0, 0.1) is 5.82 Å². The molecule has 2 aromatic carbocycles. The highest BCUT2D eigenvalue weighted by Crippen LogP contribution is 2.30. The van der Waals surface area contributed by atoms with E-state index in [-0.39, 0.29) is 10.5 Å². The number of benzene rings is 2. The van der Waals surface area contributed by atoms with Gasteiger partial charge in [0, 0.05) is 31.7 Å². The maximum Gasteiger partial charge on any atom is 0.256 e. The minimum atomic E-state index is -3.68. The lowest BCUT2D eigenvalue weighted by Crippen LogP contribution is -2.30. The molecule has 0 aliphatic heterocycles. The average molecular weight is 472 g/mol. The summed E-state index contributed by atoms with van der Waals surface area (Å²) in [6.07, 6.45) is 0. The minimum Gasteiger partial charge on any atom is -0.376 e. The zero-order chi connectivity index (χ0) is 21.1. The molecule has 28 heavy (non-hydrogen) atoms. The van der Waals surface area contributed by atoms with E-state index in [0.717, 1.165) is 0 Å². The fourth-order valence-corrected chi connectivity index (χ4v) is 4.76. The summed E-state index contributed by atoms with van der Waals surface area (Å²) in [5.41, 5.74) is 1.23. The van der Waals surface area contributed by atoms with Crippen LogP contribution in [0.25, 0.3) is 0 Å². The summed E-state index contributed by atoms with van der Waals surface area (Å²) >= 11 is 3.18. The lowest BCUT2D eigenvalue weighted by molar-refractivity contribution is 0.102. The number of nitrogens with one attached hydrogen (secondary N) is 1. The molecule has 9 heteroatoms. The summed E-state index contributed by atoms with van der Waals surface area (Å²) in [4.78, 5) is 14.5. The molecule has 0 aliphatic carbocycles. The summed E-state index contributed by atoms with van der Waals surface area (Å²) in [5, 5.41) is 2.74. The van der Waals surface area contributed by atoms with Crippen molar-refractivity contribution in [1.29, 1.82) is 0 Å². The largest absolute Gasteiger partial charge is 0.376 e. The second-order valence-electron chi connectivity index (χ2n) is 6.24. The van der Waals surface area contributed by atoms with Gasteiger partial charge in [-0.1, -0.05) is 13.8 Å². The van der Waals surface area contributed by atoms with Crippen molar-refractivity contribution in [1.82, 2.24) is 4.31 Å². The average Bonchev–Trinajstić information content (AvgIpc) is 2.62. The molecule has 0 aliphatic rings. The van der Waals surface area contributed by atoms with Gasteiger partial charge in [-0.2, -0.15) is 4.31 Å². The molecule has 1 N–H and O–H groups in total. The van der Waals surface area contributed by atoms with Crippen LogP contribution < -0.4 is 10.2 Å². The number of amides is 1. The van der Waals surface area contributed by atoms with Crippen molar-refractivity contribution in [2.45, 2.75) is 18.7 Å². The number of halogens is 2. The van der Waals surface area contributed by atoms with Gasteiger partial charge in [0.05, 0.1) is 21.8 Å². The Kier molecular flexibility index (Phi) is 7.19. The Labute approximate surface area is 173 Å². The van der Waals surface area contributed by atoms with Crippen LogP contribution in [0.5, 0.6) is 0 Å². The smallest absolute Gasteiger partial charge is 0.256 e. The van der Waals surface area contributed by atoms with Crippen LogP contribution in [0.4, 0.5) is 15.8 Å². The molecular formula is C19H23BrFN3O3S. The van der Waals surface area contributed by atoms with Crippen LogP contribution >= 0.6 is 15.9 Å². The molecule has 0 bridgehead atoms. The quantitative estimate of drug-likeness (QED) is 0.663. The van der Waals surface area contributed by atoms with E-state index in [2.05, 4.69) is 21.2 Å². The van der Waals surface area contributed by atoms with E-state index in [1.807, 2.05) is 0 Å². The van der Waals surface area contributed by atoms with E-state index >= 15 is 0 Å². The van der Waals surface area contributed by atoms with Crippen LogP contribution in [0.1, 0.15) is 24.2 Å². The molecule has 0 fully saturated rings. The first-order valence-corrected chi connectivity index (χ1v) is 10.9. The highest BCUT2D eigenvalue weighted by atomic mass is 79.9. The molecule has 0 radical (unpaired) electrons. The Morgan fingerprint density at radius 3 is 2.29 bits per heavy atom. The number of hydrogen-bond acceptors (Lipinski definition) is 4. The van der Waals surface area contributed by atoms with Gasteiger partial charge in [0.25, 0.3) is 5.91 Å². The third kappa shape index (κ3) is 4.71. The Bertz CT molecular complexity index is 976. The Morgan fingerprint density at radius 2 is 1.75 bits per heavy atom. The molecule has 1 amide bonds. The van der Waals surface area contributed by atoms with E-state index < -0.39 is 21.7 Å². The van der Waals surface area contributed by atoms with Crippen LogP contribution in [-0.4, -0.2) is 45.8 Å². The third-order valence-electron chi connectivity index (χ3n) is 4.22. The van der Waals surface area contributed by atoms with Crippen molar-refractivity contribution in [2.75, 3.05) is 37.4 Å². The lowest BCUT2D eigenvalue weighted by atomic mass is 10.2. The predicted molar refractivity (Wildman–Crippen MR) is 113 cm³/mol. The molecule has 6 nitrogen and oxygen atoms in total. The normalized spacial score (nSPS) is 11.5. The number of carbonyl (C=O) groups is 1. The maximum absolute atomic E-state index is 13.3. The van der Waals surface area contributed by atoms with Crippen molar-refractivity contribution in [3.05, 3.63) is 52.3 Å². The highest BCUT2D eigenvalue weighted by molar-refractivity contribution is 9.10. The van der Waals surface area contributed by atoms with Gasteiger partial charge in [0.2, 0.25) is 10.0 Å². The second kappa shape index (κ2) is 9.02. The van der Waals surface area contributed by atoms with Gasteiger partial charge in [-0.25, -0.2) is 12.8 Å². The third-order valence-corrected chi connectivity index (χ3v) is 6.92. The molecule has 2 aromatic rings. The number of sulfonamides is 1. The Balaban J connectivity index is 2.48. The minimum absolute atomic E-state index is 0.0928.